The molecule has 1 aromatic carbocycles. The van der Waals surface area contributed by atoms with Crippen molar-refractivity contribution in [2.45, 2.75) is 44.9 Å². The number of Topliss-reactive ketones (excluding diaryl/α,β-unsaturated/α-hetero) is 2. The van der Waals surface area contributed by atoms with E-state index in [4.69, 9.17) is 11.0 Å². The summed E-state index contributed by atoms with van der Waals surface area (Å²) in [6.07, 6.45) is 0.493. The molecule has 0 heterocycles. The maximum absolute atomic E-state index is 14.0. The zero-order chi connectivity index (χ0) is 29.0. The van der Waals surface area contributed by atoms with Crippen molar-refractivity contribution in [3.8, 4) is 11.8 Å². The molecule has 0 aliphatic heterocycles. The van der Waals surface area contributed by atoms with Crippen LogP contribution in [-0.4, -0.2) is 89.2 Å². The molecule has 12 heteroatoms. The monoisotopic (exact) mass is 555 g/mol. The number of hydrogen-bond acceptors (Lipinski definition) is 11. The number of nitriles is 1. The number of phenols is 1. The number of benzene rings is 1. The first kappa shape index (κ1) is 30.6. The summed E-state index contributed by atoms with van der Waals surface area (Å²) in [6.45, 7) is 0.567. The lowest BCUT2D eigenvalue weighted by Gasteiger charge is -2.50. The first-order valence-corrected chi connectivity index (χ1v) is 12.6. The van der Waals surface area contributed by atoms with E-state index in [0.717, 1.165) is 0 Å². The molecule has 0 bridgehead atoms. The van der Waals surface area contributed by atoms with Crippen LogP contribution in [0.3, 0.4) is 0 Å². The van der Waals surface area contributed by atoms with Crippen molar-refractivity contribution in [2.75, 3.05) is 39.6 Å². The molecule has 1 aromatic rings. The van der Waals surface area contributed by atoms with Crippen LogP contribution >= 0.6 is 0 Å². The number of nitrogens with one attached hydrogen (secondary N) is 1. The lowest BCUT2D eigenvalue weighted by atomic mass is 9.57. The van der Waals surface area contributed by atoms with E-state index in [1.165, 1.54) is 4.90 Å². The predicted molar refractivity (Wildman–Crippen MR) is 147 cm³/mol. The SMILES string of the molecule is C.CN(C)c1cc(CNCCC#N)c(O)c2c1C[C@H]1C[C@H]3[C@H](N(C)C)C(=O)C(C(N)=O)=C(O)[C@@]3(O)C(=O)C1=C2O. The topological polar surface area (TPSA) is 200 Å². The number of carbonyl (C=O) groups excluding carboxylic acids is 3. The van der Waals surface area contributed by atoms with E-state index in [0.29, 0.717) is 23.4 Å². The van der Waals surface area contributed by atoms with Crippen LogP contribution in [0.1, 0.15) is 37.0 Å². The quantitative estimate of drug-likeness (QED) is 0.204. The fourth-order valence-corrected chi connectivity index (χ4v) is 6.25. The molecule has 0 saturated heterocycles. The highest BCUT2D eigenvalue weighted by molar-refractivity contribution is 6.24. The van der Waals surface area contributed by atoms with E-state index in [9.17, 15) is 34.8 Å². The lowest BCUT2D eigenvalue weighted by Crippen LogP contribution is -2.65. The molecule has 40 heavy (non-hydrogen) atoms. The Morgan fingerprint density at radius 2 is 1.88 bits per heavy atom. The number of carbonyl (C=O) groups is 3. The smallest absolute Gasteiger partial charge is 0.255 e. The van der Waals surface area contributed by atoms with Gasteiger partial charge in [0.1, 0.15) is 22.8 Å². The van der Waals surface area contributed by atoms with E-state index >= 15 is 0 Å². The van der Waals surface area contributed by atoms with E-state index in [-0.39, 0.29) is 50.1 Å². The number of aliphatic hydroxyl groups is 3. The third-order valence-corrected chi connectivity index (χ3v) is 7.99. The number of anilines is 1. The van der Waals surface area contributed by atoms with Crippen LogP contribution in [0.2, 0.25) is 0 Å². The Hall–Kier alpha value is -3.92. The van der Waals surface area contributed by atoms with Gasteiger partial charge in [-0.05, 0) is 44.5 Å². The number of amides is 1. The molecule has 1 saturated carbocycles. The summed E-state index contributed by atoms with van der Waals surface area (Å²) in [4.78, 5) is 42.6. The van der Waals surface area contributed by atoms with Gasteiger partial charge in [0.05, 0.1) is 17.7 Å². The van der Waals surface area contributed by atoms with Gasteiger partial charge in [0.15, 0.2) is 11.4 Å². The molecule has 12 nitrogen and oxygen atoms in total. The third-order valence-electron chi connectivity index (χ3n) is 7.99. The number of nitrogens with zero attached hydrogens (tertiary/aromatic N) is 3. The van der Waals surface area contributed by atoms with Gasteiger partial charge in [-0.3, -0.25) is 19.3 Å². The van der Waals surface area contributed by atoms with E-state index < -0.39 is 58.0 Å². The molecule has 4 atom stereocenters. The van der Waals surface area contributed by atoms with Gasteiger partial charge in [-0.25, -0.2) is 0 Å². The first-order valence-electron chi connectivity index (χ1n) is 12.6. The number of primary amides is 1. The number of likely N-dealkylation sites (N-methyl/N-ethyl adjacent to an activating group) is 1. The van der Waals surface area contributed by atoms with Crippen molar-refractivity contribution in [1.82, 2.24) is 10.2 Å². The van der Waals surface area contributed by atoms with Gasteiger partial charge < -0.3 is 36.4 Å². The minimum absolute atomic E-state index is 0. The highest BCUT2D eigenvalue weighted by atomic mass is 16.3. The molecule has 3 aliphatic rings. The van der Waals surface area contributed by atoms with Crippen molar-refractivity contribution in [3.63, 3.8) is 0 Å². The van der Waals surface area contributed by atoms with Crippen LogP contribution in [0, 0.1) is 23.2 Å². The van der Waals surface area contributed by atoms with Crippen molar-refractivity contribution in [3.05, 3.63) is 39.7 Å². The summed E-state index contributed by atoms with van der Waals surface area (Å²) < 4.78 is 0. The highest BCUT2D eigenvalue weighted by Crippen LogP contribution is 2.54. The molecule has 7 N–H and O–H groups in total. The van der Waals surface area contributed by atoms with E-state index in [1.54, 1.807) is 34.3 Å². The second-order valence-electron chi connectivity index (χ2n) is 10.7. The number of rotatable bonds is 7. The molecular formula is C28H37N5O7. The summed E-state index contributed by atoms with van der Waals surface area (Å²) in [5.74, 6) is -6.81. The van der Waals surface area contributed by atoms with Crippen molar-refractivity contribution in [2.24, 2.45) is 17.6 Å². The number of aromatic hydroxyl groups is 1. The number of fused-ring (bicyclic) bond motifs is 3. The minimum Gasteiger partial charge on any atom is -0.508 e. The van der Waals surface area contributed by atoms with Gasteiger partial charge in [-0.2, -0.15) is 5.26 Å². The Morgan fingerprint density at radius 3 is 2.42 bits per heavy atom. The second kappa shape index (κ2) is 10.9. The van der Waals surface area contributed by atoms with E-state index in [1.807, 2.05) is 11.0 Å². The number of nitrogens with two attached hydrogens (primary N) is 1. The van der Waals surface area contributed by atoms with Crippen LogP contribution in [0.4, 0.5) is 5.69 Å². The zero-order valence-electron chi connectivity index (χ0n) is 22.3. The predicted octanol–water partition coefficient (Wildman–Crippen LogP) is 0.669. The van der Waals surface area contributed by atoms with Gasteiger partial charge in [0, 0.05) is 56.3 Å². The average molecular weight is 556 g/mol. The number of aliphatic hydroxyl groups excluding tert-OH is 2. The Bertz CT molecular complexity index is 1370. The summed E-state index contributed by atoms with van der Waals surface area (Å²) in [5.41, 5.74) is 3.38. The molecule has 0 spiro atoms. The molecule has 216 valence electrons. The van der Waals surface area contributed by atoms with Gasteiger partial charge in [-0.1, -0.05) is 7.43 Å². The van der Waals surface area contributed by atoms with Crippen molar-refractivity contribution in [1.29, 1.82) is 5.26 Å². The van der Waals surface area contributed by atoms with Crippen LogP contribution in [0.5, 0.6) is 5.75 Å². The first-order chi connectivity index (χ1) is 18.3. The fourth-order valence-electron chi connectivity index (χ4n) is 6.25. The molecule has 3 aliphatic carbocycles. The molecule has 1 fully saturated rings. The third kappa shape index (κ3) is 4.40. The Labute approximate surface area is 233 Å². The van der Waals surface area contributed by atoms with Crippen molar-refractivity contribution < 1.29 is 34.8 Å². The highest BCUT2D eigenvalue weighted by Gasteiger charge is 2.64. The summed E-state index contributed by atoms with van der Waals surface area (Å²) >= 11 is 0. The zero-order valence-corrected chi connectivity index (χ0v) is 22.3. The average Bonchev–Trinajstić information content (AvgIpc) is 2.84. The van der Waals surface area contributed by atoms with Gasteiger partial charge in [0.2, 0.25) is 5.78 Å². The number of ketones is 2. The van der Waals surface area contributed by atoms with E-state index in [2.05, 4.69) is 5.32 Å². The number of phenolic OH excluding ortho intramolecular Hbond substituents is 1. The van der Waals surface area contributed by atoms with Gasteiger partial charge in [-0.15, -0.1) is 0 Å². The minimum atomic E-state index is -2.68. The fraction of sp³-hybridized carbons (Fsp3) is 0.500. The molecule has 1 amide bonds. The molecule has 4 rings (SSSR count). The molecule has 0 unspecified atom stereocenters. The summed E-state index contributed by atoms with van der Waals surface area (Å²) in [7, 11) is 6.72. The number of hydrogen-bond donors (Lipinski definition) is 6. The maximum Gasteiger partial charge on any atom is 0.255 e. The largest absolute Gasteiger partial charge is 0.508 e. The van der Waals surface area contributed by atoms with Gasteiger partial charge >= 0.3 is 0 Å². The standard InChI is InChI=1S/C27H33N5O7.CH4/c1-31(2)16-10-13(11-30-7-5-6-28)21(33)18-14(16)8-12-9-15-20(32(3)4)23(35)19(26(29)38)25(37)27(15,39)24(36)17(12)22(18)34;/h10,12,15,20,30,33-34,37,39H,5,7-9,11H2,1-4H3,(H2,29,38);1H4/t12-,15-,20-,27-;/m0./s1. The van der Waals surface area contributed by atoms with Crippen LogP contribution in [0.15, 0.2) is 23.0 Å². The Balaban J connectivity index is 0.00000441. The normalized spacial score (nSPS) is 25.6. The van der Waals surface area contributed by atoms with Crippen molar-refractivity contribution >= 4 is 28.9 Å². The summed E-state index contributed by atoms with van der Waals surface area (Å²) in [5, 5.41) is 57.2. The van der Waals surface area contributed by atoms with Gasteiger partial charge in [0.25, 0.3) is 5.91 Å². The maximum atomic E-state index is 14.0. The van der Waals surface area contributed by atoms with Crippen LogP contribution < -0.4 is 16.0 Å². The van der Waals surface area contributed by atoms with Crippen LogP contribution in [-0.2, 0) is 27.3 Å². The Morgan fingerprint density at radius 1 is 1.23 bits per heavy atom. The molecular weight excluding hydrogens is 518 g/mol. The molecule has 0 radical (unpaired) electrons. The lowest BCUT2D eigenvalue weighted by molar-refractivity contribution is -0.153. The Kier molecular flexibility index (Phi) is 8.36. The van der Waals surface area contributed by atoms with Crippen LogP contribution in [0.25, 0.3) is 5.76 Å². The second-order valence-corrected chi connectivity index (χ2v) is 10.7. The summed E-state index contributed by atoms with van der Waals surface area (Å²) in [6, 6.07) is 2.66. The molecule has 0 aromatic heterocycles.